The fraction of sp³-hybridized carbons (Fsp3) is 0. The van der Waals surface area contributed by atoms with E-state index >= 15 is 0 Å². The van der Waals surface area contributed by atoms with Crippen LogP contribution in [0.2, 0.25) is 0 Å². The molecule has 0 spiro atoms. The molecule has 0 amide bonds. The van der Waals surface area contributed by atoms with Gasteiger partial charge in [-0.05, 0) is 132 Å². The predicted molar refractivity (Wildman–Crippen MR) is 282 cm³/mol. The van der Waals surface area contributed by atoms with Crippen LogP contribution in [0.15, 0.2) is 267 Å². The maximum absolute atomic E-state index is 2.42. The van der Waals surface area contributed by atoms with E-state index in [0.29, 0.717) is 0 Å². The zero-order chi connectivity index (χ0) is 43.8. The second-order valence-corrected chi connectivity index (χ2v) is 16.9. The van der Waals surface area contributed by atoms with Gasteiger partial charge in [0.2, 0.25) is 0 Å². The van der Waals surface area contributed by atoms with Crippen molar-refractivity contribution in [1.82, 2.24) is 0 Å². The van der Waals surface area contributed by atoms with E-state index in [2.05, 4.69) is 277 Å². The summed E-state index contributed by atoms with van der Waals surface area (Å²) < 4.78 is 0. The number of hydrogen-bond donors (Lipinski definition) is 0. The van der Waals surface area contributed by atoms with Crippen LogP contribution in [0.3, 0.4) is 0 Å². The largest absolute Gasteiger partial charge is 0.310 e. The van der Waals surface area contributed by atoms with Crippen molar-refractivity contribution in [3.05, 3.63) is 267 Å². The monoisotopic (exact) mass is 840 g/mol. The summed E-state index contributed by atoms with van der Waals surface area (Å²) in [7, 11) is 0. The molecule has 0 aliphatic rings. The molecule has 310 valence electrons. The summed E-state index contributed by atoms with van der Waals surface area (Å²) >= 11 is 0. The molecular formula is C64H44N2. The third kappa shape index (κ3) is 7.12. The summed E-state index contributed by atoms with van der Waals surface area (Å²) in [5.41, 5.74) is 13.8. The van der Waals surface area contributed by atoms with Gasteiger partial charge in [0.05, 0.1) is 11.4 Å². The van der Waals surface area contributed by atoms with Crippen molar-refractivity contribution in [2.45, 2.75) is 0 Å². The van der Waals surface area contributed by atoms with E-state index in [0.717, 1.165) is 34.1 Å². The molecule has 0 N–H and O–H groups in total. The normalized spacial score (nSPS) is 11.3. The van der Waals surface area contributed by atoms with Gasteiger partial charge < -0.3 is 9.80 Å². The molecule has 12 aromatic carbocycles. The van der Waals surface area contributed by atoms with Crippen molar-refractivity contribution in [2.24, 2.45) is 0 Å². The molecule has 0 heterocycles. The Morgan fingerprint density at radius 2 is 0.591 bits per heavy atom. The maximum atomic E-state index is 2.42. The van der Waals surface area contributed by atoms with Crippen LogP contribution in [0.25, 0.3) is 76.5 Å². The molecule has 0 aliphatic carbocycles. The van der Waals surface area contributed by atoms with Gasteiger partial charge in [-0.2, -0.15) is 0 Å². The molecule has 0 bridgehead atoms. The average molecular weight is 841 g/mol. The highest BCUT2D eigenvalue weighted by Gasteiger charge is 2.20. The van der Waals surface area contributed by atoms with Crippen molar-refractivity contribution >= 4 is 77.2 Å². The number of fused-ring (bicyclic) bond motifs is 5. The van der Waals surface area contributed by atoms with Gasteiger partial charge in [-0.25, -0.2) is 0 Å². The maximum Gasteiger partial charge on any atom is 0.0540 e. The van der Waals surface area contributed by atoms with E-state index in [1.54, 1.807) is 0 Å². The van der Waals surface area contributed by atoms with Crippen LogP contribution in [0.1, 0.15) is 0 Å². The van der Waals surface area contributed by atoms with Crippen LogP contribution in [-0.4, -0.2) is 0 Å². The van der Waals surface area contributed by atoms with Gasteiger partial charge in [-0.15, -0.1) is 0 Å². The molecule has 0 fully saturated rings. The number of anilines is 6. The first-order chi connectivity index (χ1) is 32.7. The molecule has 2 nitrogen and oxygen atoms in total. The molecule has 0 saturated heterocycles. The van der Waals surface area contributed by atoms with E-state index in [9.17, 15) is 0 Å². The fourth-order valence-electron chi connectivity index (χ4n) is 9.80. The average Bonchev–Trinajstić information content (AvgIpc) is 3.40. The SMILES string of the molecule is c1ccc(-c2ccc(N(c3ccc4c(c3)cc(-c3ccccc3)c3cc(N(c5ccc(-c6ccccc6)cc5)c5cccc6ccccc56)ccc34)c3cccc4ccccc34)cc2)cc1. The highest BCUT2D eigenvalue weighted by Crippen LogP contribution is 2.46. The summed E-state index contributed by atoms with van der Waals surface area (Å²) in [4.78, 5) is 4.83. The first kappa shape index (κ1) is 38.9. The van der Waals surface area contributed by atoms with Gasteiger partial charge in [0.15, 0.2) is 0 Å². The van der Waals surface area contributed by atoms with Crippen molar-refractivity contribution in [2.75, 3.05) is 9.80 Å². The zero-order valence-electron chi connectivity index (χ0n) is 36.3. The molecule has 0 unspecified atom stereocenters. The summed E-state index contributed by atoms with van der Waals surface area (Å²) in [6.07, 6.45) is 0. The van der Waals surface area contributed by atoms with E-state index in [1.807, 2.05) is 0 Å². The van der Waals surface area contributed by atoms with E-state index in [4.69, 9.17) is 0 Å². The minimum atomic E-state index is 1.10. The zero-order valence-corrected chi connectivity index (χ0v) is 36.3. The number of hydrogen-bond acceptors (Lipinski definition) is 2. The second kappa shape index (κ2) is 16.8. The summed E-state index contributed by atoms with van der Waals surface area (Å²) in [5, 5.41) is 9.62. The van der Waals surface area contributed by atoms with Crippen LogP contribution in [0, 0.1) is 0 Å². The van der Waals surface area contributed by atoms with Crippen LogP contribution in [0.4, 0.5) is 34.1 Å². The Morgan fingerprint density at radius 1 is 0.197 bits per heavy atom. The molecule has 2 heteroatoms. The molecule has 0 aliphatic heterocycles. The van der Waals surface area contributed by atoms with Crippen LogP contribution in [-0.2, 0) is 0 Å². The molecule has 0 radical (unpaired) electrons. The van der Waals surface area contributed by atoms with Crippen molar-refractivity contribution < 1.29 is 0 Å². The van der Waals surface area contributed by atoms with Crippen LogP contribution in [0.5, 0.6) is 0 Å². The molecule has 66 heavy (non-hydrogen) atoms. The number of benzene rings is 12. The van der Waals surface area contributed by atoms with Crippen molar-refractivity contribution in [3.8, 4) is 33.4 Å². The van der Waals surface area contributed by atoms with Gasteiger partial charge in [-0.1, -0.05) is 200 Å². The van der Waals surface area contributed by atoms with Crippen molar-refractivity contribution in [1.29, 1.82) is 0 Å². The number of nitrogens with zero attached hydrogens (tertiary/aromatic N) is 2. The van der Waals surface area contributed by atoms with Gasteiger partial charge in [-0.3, -0.25) is 0 Å². The van der Waals surface area contributed by atoms with Gasteiger partial charge in [0.25, 0.3) is 0 Å². The highest BCUT2D eigenvalue weighted by atomic mass is 15.1. The Bertz CT molecular complexity index is 3670. The summed E-state index contributed by atoms with van der Waals surface area (Å²) in [6.45, 7) is 0. The lowest BCUT2D eigenvalue weighted by Gasteiger charge is -2.28. The second-order valence-electron chi connectivity index (χ2n) is 16.9. The predicted octanol–water partition coefficient (Wildman–Crippen LogP) is 18.2. The third-order valence-electron chi connectivity index (χ3n) is 13.0. The minimum absolute atomic E-state index is 1.10. The Kier molecular flexibility index (Phi) is 9.89. The Labute approximate surface area is 385 Å². The van der Waals surface area contributed by atoms with Gasteiger partial charge >= 0.3 is 0 Å². The first-order valence-electron chi connectivity index (χ1n) is 22.7. The minimum Gasteiger partial charge on any atom is -0.310 e. The quantitative estimate of drug-likeness (QED) is 0.134. The lowest BCUT2D eigenvalue weighted by Crippen LogP contribution is -2.11. The van der Waals surface area contributed by atoms with E-state index in [1.165, 1.54) is 76.5 Å². The van der Waals surface area contributed by atoms with E-state index in [-0.39, 0.29) is 0 Å². The molecular weight excluding hydrogens is 797 g/mol. The van der Waals surface area contributed by atoms with Crippen LogP contribution < -0.4 is 9.80 Å². The van der Waals surface area contributed by atoms with Crippen LogP contribution >= 0.6 is 0 Å². The Hall–Kier alpha value is -8.72. The molecule has 12 rings (SSSR count). The molecule has 0 atom stereocenters. The smallest absolute Gasteiger partial charge is 0.0540 e. The standard InChI is InChI=1S/C64H44N2/c1-4-16-45(17-5-1)47-30-34-53(35-31-47)65(63-28-14-24-49-22-10-12-26-58(49)63)55-38-40-57-52(42-55)43-61(51-20-8-3-9-21-51)62-44-56(39-41-60(57)62)66(64-29-15-25-50-23-11-13-27-59(50)64)54-36-32-48(33-37-54)46-18-6-2-7-19-46/h1-44H. The summed E-state index contributed by atoms with van der Waals surface area (Å²) in [6, 6.07) is 97.0. The third-order valence-corrected chi connectivity index (χ3v) is 13.0. The van der Waals surface area contributed by atoms with Gasteiger partial charge in [0.1, 0.15) is 0 Å². The van der Waals surface area contributed by atoms with Crippen molar-refractivity contribution in [3.63, 3.8) is 0 Å². The molecule has 0 saturated carbocycles. The van der Waals surface area contributed by atoms with E-state index < -0.39 is 0 Å². The highest BCUT2D eigenvalue weighted by molar-refractivity contribution is 6.16. The number of rotatable bonds is 9. The topological polar surface area (TPSA) is 6.48 Å². The summed E-state index contributed by atoms with van der Waals surface area (Å²) in [5.74, 6) is 0. The van der Waals surface area contributed by atoms with Gasteiger partial charge in [0, 0.05) is 33.5 Å². The fourth-order valence-corrected chi connectivity index (χ4v) is 9.80. The first-order valence-corrected chi connectivity index (χ1v) is 22.7. The lowest BCUT2D eigenvalue weighted by atomic mass is 9.92. The molecule has 0 aromatic heterocycles. The lowest BCUT2D eigenvalue weighted by molar-refractivity contribution is 1.30. The Balaban J connectivity index is 1.04. The molecule has 12 aromatic rings. The Morgan fingerprint density at radius 3 is 1.11 bits per heavy atom.